The monoisotopic (exact) mass is 525 g/mol. The third-order valence-electron chi connectivity index (χ3n) is 6.58. The summed E-state index contributed by atoms with van der Waals surface area (Å²) in [5.41, 5.74) is 8.91. The minimum atomic E-state index is -2.51. The summed E-state index contributed by atoms with van der Waals surface area (Å²) in [4.78, 5) is 23.4. The summed E-state index contributed by atoms with van der Waals surface area (Å²) < 4.78 is 28.8. The molecule has 1 aliphatic rings. The molecule has 4 aromatic heterocycles. The lowest BCUT2D eigenvalue weighted by Crippen LogP contribution is -2.29. The van der Waals surface area contributed by atoms with Crippen LogP contribution in [0.1, 0.15) is 38.4 Å². The molecule has 4 aromatic rings. The molecule has 4 heterocycles. The van der Waals surface area contributed by atoms with Gasteiger partial charge in [0, 0.05) is 18.0 Å². The van der Waals surface area contributed by atoms with Gasteiger partial charge in [0.05, 0.1) is 12.2 Å². The normalized spacial score (nSPS) is 13.9. The Kier molecular flexibility index (Phi) is 9.37. The summed E-state index contributed by atoms with van der Waals surface area (Å²) >= 11 is 0. The second kappa shape index (κ2) is 12.3. The lowest BCUT2D eigenvalue weighted by atomic mass is 9.68. The van der Waals surface area contributed by atoms with Gasteiger partial charge in [0.2, 0.25) is 5.95 Å². The van der Waals surface area contributed by atoms with Crippen molar-refractivity contribution in [1.82, 2.24) is 34.4 Å². The highest BCUT2D eigenvalue weighted by Gasteiger charge is 2.34. The van der Waals surface area contributed by atoms with E-state index < -0.39 is 13.0 Å². The maximum Gasteiger partial charge on any atom is 0.256 e. The average Bonchev–Trinajstić information content (AvgIpc) is 3.35. The molecule has 10 nitrogen and oxygen atoms in total. The van der Waals surface area contributed by atoms with Crippen LogP contribution >= 0.6 is 0 Å². The molecule has 0 aliphatic heterocycles. The van der Waals surface area contributed by atoms with Gasteiger partial charge in [0.15, 0.2) is 11.5 Å². The van der Waals surface area contributed by atoms with Crippen LogP contribution < -0.4 is 22.0 Å². The van der Waals surface area contributed by atoms with Crippen LogP contribution in [0.4, 0.5) is 20.5 Å². The molecule has 0 atom stereocenters. The number of nitrogen functional groups attached to an aromatic ring is 1. The van der Waals surface area contributed by atoms with Crippen LogP contribution in [0, 0.1) is 12.3 Å². The molecule has 2 radical (unpaired) electrons. The summed E-state index contributed by atoms with van der Waals surface area (Å²) in [6.07, 6.45) is 3.18. The molecular weight excluding hydrogens is 491 g/mol. The number of aldehydes is 1. The minimum Gasteiger partial charge on any atom is -0.371 e. The number of hydrogen-bond donors (Lipinski definition) is 3. The van der Waals surface area contributed by atoms with Gasteiger partial charge in [0.1, 0.15) is 31.0 Å². The molecule has 1 aliphatic carbocycles. The van der Waals surface area contributed by atoms with Crippen molar-refractivity contribution in [2.75, 3.05) is 32.2 Å². The van der Waals surface area contributed by atoms with Crippen LogP contribution in [0.5, 0.6) is 0 Å². The summed E-state index contributed by atoms with van der Waals surface area (Å²) in [6.45, 7) is 3.29. The fourth-order valence-electron chi connectivity index (χ4n) is 4.33. The number of alkyl halides is 2. The van der Waals surface area contributed by atoms with Gasteiger partial charge in [-0.2, -0.15) is 4.98 Å². The Bertz CT molecular complexity index is 1390. The molecule has 4 N–H and O–H groups in total. The van der Waals surface area contributed by atoms with E-state index in [9.17, 15) is 13.6 Å². The number of pyridine rings is 1. The number of nitrogens with two attached hydrogens (primary N) is 1. The predicted octanol–water partition coefficient (Wildman–Crippen LogP) is 2.73. The molecule has 1 saturated carbocycles. The van der Waals surface area contributed by atoms with Crippen LogP contribution in [0.25, 0.3) is 27.9 Å². The number of carbonyl (C=O) groups is 1. The highest BCUT2D eigenvalue weighted by Crippen LogP contribution is 2.41. The quantitative estimate of drug-likeness (QED) is 0.259. The number of fused-ring (bicyclic) bond motifs is 2. The smallest absolute Gasteiger partial charge is 0.256 e. The molecule has 0 amide bonds. The fourth-order valence-corrected chi connectivity index (χ4v) is 4.33. The lowest BCUT2D eigenvalue weighted by Gasteiger charge is -2.35. The molecule has 0 saturated heterocycles. The van der Waals surface area contributed by atoms with Gasteiger partial charge in [-0.25, -0.2) is 23.3 Å². The zero-order chi connectivity index (χ0) is 28.0. The first-order valence-electron chi connectivity index (χ1n) is 12.4. The van der Waals surface area contributed by atoms with Crippen molar-refractivity contribution in [3.8, 4) is 11.3 Å². The molecule has 38 heavy (non-hydrogen) atoms. The number of carbonyl (C=O) groups excluding carboxylic acids is 1. The van der Waals surface area contributed by atoms with E-state index in [0.717, 1.165) is 25.5 Å². The zero-order valence-electron chi connectivity index (χ0n) is 22.4. The van der Waals surface area contributed by atoms with Crippen LogP contribution in [-0.2, 0) is 11.3 Å². The topological polar surface area (TPSA) is 128 Å². The second-order valence-corrected chi connectivity index (χ2v) is 9.20. The van der Waals surface area contributed by atoms with Crippen LogP contribution in [0.15, 0.2) is 18.2 Å². The van der Waals surface area contributed by atoms with E-state index in [0.29, 0.717) is 45.2 Å². The zero-order valence-corrected chi connectivity index (χ0v) is 22.4. The highest BCUT2D eigenvalue weighted by atomic mass is 19.3. The summed E-state index contributed by atoms with van der Waals surface area (Å²) in [6, 6.07) is 5.19. The first-order chi connectivity index (χ1) is 18.1. The van der Waals surface area contributed by atoms with Gasteiger partial charge in [-0.15, -0.1) is 5.10 Å². The molecule has 13 heteroatoms. The number of nitrogens with zero attached hydrogens (tertiary/aromatic N) is 6. The van der Waals surface area contributed by atoms with Crippen molar-refractivity contribution in [2.45, 2.75) is 52.5 Å². The Balaban J connectivity index is 0.000000305. The number of aromatic nitrogens is 6. The molecule has 1 fully saturated rings. The summed E-state index contributed by atoms with van der Waals surface area (Å²) in [5, 5.41) is 9.84. The van der Waals surface area contributed by atoms with E-state index in [4.69, 9.17) is 13.6 Å². The van der Waals surface area contributed by atoms with Gasteiger partial charge in [-0.1, -0.05) is 13.3 Å². The number of imidazole rings is 1. The number of nitrogens with one attached hydrogen (secondary N) is 2. The molecule has 202 valence electrons. The van der Waals surface area contributed by atoms with E-state index >= 15 is 0 Å². The average molecular weight is 525 g/mol. The third kappa shape index (κ3) is 5.93. The van der Waals surface area contributed by atoms with Gasteiger partial charge in [0.25, 0.3) is 6.43 Å². The van der Waals surface area contributed by atoms with E-state index in [-0.39, 0.29) is 11.4 Å². The third-order valence-corrected chi connectivity index (χ3v) is 6.58. The Morgan fingerprint density at radius 1 is 1.21 bits per heavy atom. The summed E-state index contributed by atoms with van der Waals surface area (Å²) in [5.74, 6) is 1.02. The maximum atomic E-state index is 12.9. The van der Waals surface area contributed by atoms with Crippen LogP contribution in [-0.4, -0.2) is 70.8 Å². The van der Waals surface area contributed by atoms with Gasteiger partial charge >= 0.3 is 0 Å². The summed E-state index contributed by atoms with van der Waals surface area (Å²) in [7, 11) is 11.5. The number of halogens is 2. The van der Waals surface area contributed by atoms with E-state index in [1.165, 1.54) is 15.5 Å². The molecule has 0 unspecified atom stereocenters. The first-order valence-corrected chi connectivity index (χ1v) is 12.4. The number of rotatable bonds is 6. The molecule has 0 bridgehead atoms. The van der Waals surface area contributed by atoms with Gasteiger partial charge < -0.3 is 25.7 Å². The number of anilines is 2. The first kappa shape index (κ1) is 29.0. The lowest BCUT2D eigenvalue weighted by molar-refractivity contribution is -0.120. The van der Waals surface area contributed by atoms with Crippen molar-refractivity contribution < 1.29 is 13.6 Å². The van der Waals surface area contributed by atoms with E-state index in [2.05, 4.69) is 37.6 Å². The Hall–Kier alpha value is -3.61. The van der Waals surface area contributed by atoms with Gasteiger partial charge in [-0.3, -0.25) is 0 Å². The van der Waals surface area contributed by atoms with Crippen molar-refractivity contribution in [1.29, 1.82) is 0 Å². The van der Waals surface area contributed by atoms with E-state index in [1.807, 2.05) is 14.1 Å². The standard InChI is InChI=1S/C16H15BF2N8.C7H12O.C2H7N/c1-7-22-10-4-3-9(23-15(10)26(7)6-12(18)19)8-5-11(17)27-13(8)14(21-2)24-16(20)25-27;1-2-7(6-8)4-3-5-7;1-3-2/h3-5,12H,6H2,1-2H3,(H3,20,21,24,25);6H,2-5H2,1H3;3H,1-2H3. The van der Waals surface area contributed by atoms with Crippen molar-refractivity contribution in [3.63, 3.8) is 0 Å². The van der Waals surface area contributed by atoms with E-state index in [1.54, 1.807) is 32.2 Å². The van der Waals surface area contributed by atoms with Crippen LogP contribution in [0.2, 0.25) is 0 Å². The highest BCUT2D eigenvalue weighted by molar-refractivity contribution is 6.32. The van der Waals surface area contributed by atoms with Gasteiger partial charge in [-0.05, 0) is 64.1 Å². The Labute approximate surface area is 221 Å². The largest absolute Gasteiger partial charge is 0.371 e. The SMILES string of the molecule is CCC1(C=O)CCC1.CNC.[B]c1cc(-c2ccc3nc(C)n(CC(F)F)c3n2)c2c(NC)nc(N)nn12. The minimum absolute atomic E-state index is 0.0646. The Morgan fingerprint density at radius 3 is 2.39 bits per heavy atom. The van der Waals surface area contributed by atoms with Crippen LogP contribution in [0.3, 0.4) is 0 Å². The van der Waals surface area contributed by atoms with Crippen molar-refractivity contribution in [2.24, 2.45) is 5.41 Å². The number of aryl methyl sites for hydroxylation is 1. The second-order valence-electron chi connectivity index (χ2n) is 9.20. The maximum absolute atomic E-state index is 12.9. The molecular formula is C25H34BF2N9O. The molecule has 0 spiro atoms. The molecule has 0 aromatic carbocycles. The van der Waals surface area contributed by atoms with Crippen molar-refractivity contribution >= 4 is 48.2 Å². The Morgan fingerprint density at radius 2 is 1.89 bits per heavy atom. The van der Waals surface area contributed by atoms with Crippen molar-refractivity contribution in [3.05, 3.63) is 24.0 Å². The molecule has 5 rings (SSSR count). The number of hydrogen-bond acceptors (Lipinski definition) is 8. The fraction of sp³-hybridized carbons (Fsp3) is 0.480. The predicted molar refractivity (Wildman–Crippen MR) is 147 cm³/mol.